The minimum absolute atomic E-state index is 0.153. The average Bonchev–Trinajstić information content (AvgIpc) is 2.80. The summed E-state index contributed by atoms with van der Waals surface area (Å²) in [4.78, 5) is 11.9. The van der Waals surface area contributed by atoms with Crippen LogP contribution in [0.25, 0.3) is 6.08 Å². The molecule has 0 fully saturated rings. The summed E-state index contributed by atoms with van der Waals surface area (Å²) in [6.45, 7) is 5.46. The monoisotopic (exact) mass is 361 g/mol. The molecule has 0 aliphatic carbocycles. The van der Waals surface area contributed by atoms with Crippen molar-refractivity contribution >= 4 is 23.6 Å². The van der Waals surface area contributed by atoms with Gasteiger partial charge in [0.2, 0.25) is 0 Å². The standard InChI is InChI=1S/C18H17ClFN3O2/c1-11(2)25-18(24)14(9-21)8-16-12(3)22-23(17(16)19)10-13-4-6-15(20)7-5-13/h4-8,11H,10H2,1-3H3/b14-8+. The number of ether oxygens (including phenoxy) is 1. The zero-order valence-corrected chi connectivity index (χ0v) is 14.8. The molecule has 0 aliphatic rings. The first-order chi connectivity index (χ1) is 11.8. The summed E-state index contributed by atoms with van der Waals surface area (Å²) in [6, 6.07) is 7.81. The predicted molar refractivity (Wildman–Crippen MR) is 92.3 cm³/mol. The van der Waals surface area contributed by atoms with Crippen LogP contribution in [0.4, 0.5) is 4.39 Å². The van der Waals surface area contributed by atoms with Crippen molar-refractivity contribution < 1.29 is 13.9 Å². The topological polar surface area (TPSA) is 67.9 Å². The Hall–Kier alpha value is -2.65. The van der Waals surface area contributed by atoms with Crippen molar-refractivity contribution in [3.63, 3.8) is 0 Å². The molecule has 1 aromatic carbocycles. The number of aryl methyl sites for hydroxylation is 1. The first-order valence-electron chi connectivity index (χ1n) is 7.62. The Balaban J connectivity index is 2.32. The lowest BCUT2D eigenvalue weighted by molar-refractivity contribution is -0.142. The largest absolute Gasteiger partial charge is 0.459 e. The van der Waals surface area contributed by atoms with Crippen molar-refractivity contribution in [2.24, 2.45) is 0 Å². The summed E-state index contributed by atoms with van der Waals surface area (Å²) in [6.07, 6.45) is 1.04. The van der Waals surface area contributed by atoms with E-state index in [0.717, 1.165) is 5.56 Å². The van der Waals surface area contributed by atoms with Gasteiger partial charge in [0.15, 0.2) is 0 Å². The van der Waals surface area contributed by atoms with E-state index in [2.05, 4.69) is 5.10 Å². The van der Waals surface area contributed by atoms with Crippen molar-refractivity contribution in [3.8, 4) is 6.07 Å². The molecule has 0 spiro atoms. The summed E-state index contributed by atoms with van der Waals surface area (Å²) in [5.74, 6) is -1.03. The quantitative estimate of drug-likeness (QED) is 0.460. The number of carbonyl (C=O) groups is 1. The third-order valence-electron chi connectivity index (χ3n) is 3.33. The number of aromatic nitrogens is 2. The van der Waals surface area contributed by atoms with E-state index >= 15 is 0 Å². The molecular formula is C18H17ClFN3O2. The molecule has 0 saturated carbocycles. The molecule has 5 nitrogen and oxygen atoms in total. The molecule has 0 N–H and O–H groups in total. The highest BCUT2D eigenvalue weighted by molar-refractivity contribution is 6.31. The average molecular weight is 362 g/mol. The van der Waals surface area contributed by atoms with Crippen molar-refractivity contribution in [3.05, 3.63) is 57.6 Å². The second-order valence-corrected chi connectivity index (χ2v) is 6.06. The van der Waals surface area contributed by atoms with E-state index in [1.807, 2.05) is 6.07 Å². The Kier molecular flexibility index (Phi) is 5.94. The van der Waals surface area contributed by atoms with Crippen LogP contribution in [0.2, 0.25) is 5.15 Å². The van der Waals surface area contributed by atoms with E-state index in [4.69, 9.17) is 16.3 Å². The van der Waals surface area contributed by atoms with E-state index in [-0.39, 0.29) is 22.6 Å². The Morgan fingerprint density at radius 3 is 2.64 bits per heavy atom. The van der Waals surface area contributed by atoms with Crippen molar-refractivity contribution in [1.29, 1.82) is 5.26 Å². The summed E-state index contributed by atoms with van der Waals surface area (Å²) in [5.41, 5.74) is 1.71. The van der Waals surface area contributed by atoms with E-state index in [0.29, 0.717) is 17.8 Å². The molecule has 2 aromatic rings. The molecule has 1 heterocycles. The number of nitriles is 1. The predicted octanol–water partition coefficient (Wildman–Crippen LogP) is 3.89. The Morgan fingerprint density at radius 1 is 1.44 bits per heavy atom. The highest BCUT2D eigenvalue weighted by atomic mass is 35.5. The van der Waals surface area contributed by atoms with Gasteiger partial charge < -0.3 is 4.74 Å². The third-order valence-corrected chi connectivity index (χ3v) is 3.73. The molecule has 0 radical (unpaired) electrons. The van der Waals surface area contributed by atoms with Gasteiger partial charge in [-0.2, -0.15) is 10.4 Å². The fraction of sp³-hybridized carbons (Fsp3) is 0.278. The van der Waals surface area contributed by atoms with Crippen LogP contribution in [0, 0.1) is 24.1 Å². The third kappa shape index (κ3) is 4.68. The summed E-state index contributed by atoms with van der Waals surface area (Å²) < 4.78 is 19.6. The summed E-state index contributed by atoms with van der Waals surface area (Å²) in [5, 5.41) is 13.8. The van der Waals surface area contributed by atoms with E-state index < -0.39 is 5.97 Å². The van der Waals surface area contributed by atoms with Crippen LogP contribution in [0.1, 0.15) is 30.7 Å². The number of esters is 1. The van der Waals surface area contributed by atoms with Gasteiger partial charge in [0, 0.05) is 5.56 Å². The number of hydrogen-bond acceptors (Lipinski definition) is 4. The first kappa shape index (κ1) is 18.7. The lowest BCUT2D eigenvalue weighted by Crippen LogP contribution is -2.12. The fourth-order valence-electron chi connectivity index (χ4n) is 2.16. The molecular weight excluding hydrogens is 345 g/mol. The lowest BCUT2D eigenvalue weighted by Gasteiger charge is -2.06. The van der Waals surface area contributed by atoms with Crippen LogP contribution in [0.15, 0.2) is 29.8 Å². The van der Waals surface area contributed by atoms with Crippen LogP contribution >= 0.6 is 11.6 Å². The fourth-order valence-corrected chi connectivity index (χ4v) is 2.45. The molecule has 1 aromatic heterocycles. The number of benzene rings is 1. The summed E-state index contributed by atoms with van der Waals surface area (Å²) >= 11 is 6.34. The minimum Gasteiger partial charge on any atom is -0.459 e. The molecule has 130 valence electrons. The minimum atomic E-state index is -0.709. The number of halogens is 2. The molecule has 0 atom stereocenters. The Bertz CT molecular complexity index is 848. The maximum absolute atomic E-state index is 13.0. The molecule has 0 amide bonds. The van der Waals surface area contributed by atoms with Crippen LogP contribution in [-0.4, -0.2) is 21.9 Å². The smallest absolute Gasteiger partial charge is 0.349 e. The van der Waals surface area contributed by atoms with Gasteiger partial charge >= 0.3 is 5.97 Å². The van der Waals surface area contributed by atoms with Crippen molar-refractivity contribution in [2.45, 2.75) is 33.4 Å². The number of hydrogen-bond donors (Lipinski definition) is 0. The van der Waals surface area contributed by atoms with Crippen molar-refractivity contribution in [1.82, 2.24) is 9.78 Å². The highest BCUT2D eigenvalue weighted by Gasteiger charge is 2.17. The molecule has 0 aliphatic heterocycles. The zero-order valence-electron chi connectivity index (χ0n) is 14.1. The molecule has 0 unspecified atom stereocenters. The van der Waals surface area contributed by atoms with Gasteiger partial charge in [-0.05, 0) is 44.5 Å². The van der Waals surface area contributed by atoms with Gasteiger partial charge in [0.05, 0.1) is 18.3 Å². The Morgan fingerprint density at radius 2 is 2.08 bits per heavy atom. The van der Waals surface area contributed by atoms with E-state index in [9.17, 15) is 14.4 Å². The van der Waals surface area contributed by atoms with Crippen LogP contribution < -0.4 is 0 Å². The second-order valence-electron chi connectivity index (χ2n) is 5.70. The highest BCUT2D eigenvalue weighted by Crippen LogP contribution is 2.24. The van der Waals surface area contributed by atoms with Gasteiger partial charge in [-0.15, -0.1) is 0 Å². The van der Waals surface area contributed by atoms with Gasteiger partial charge in [-0.25, -0.2) is 13.9 Å². The van der Waals surface area contributed by atoms with Crippen LogP contribution in [-0.2, 0) is 16.1 Å². The van der Waals surface area contributed by atoms with Crippen molar-refractivity contribution in [2.75, 3.05) is 0 Å². The van der Waals surface area contributed by atoms with Gasteiger partial charge in [0.1, 0.15) is 22.6 Å². The van der Waals surface area contributed by atoms with Gasteiger partial charge in [-0.1, -0.05) is 23.7 Å². The lowest BCUT2D eigenvalue weighted by atomic mass is 10.1. The number of carbonyl (C=O) groups excluding carboxylic acids is 1. The SMILES string of the molecule is Cc1nn(Cc2ccc(F)cc2)c(Cl)c1/C=C(\C#N)C(=O)OC(C)C. The first-order valence-corrected chi connectivity index (χ1v) is 7.99. The molecule has 7 heteroatoms. The number of nitrogens with zero attached hydrogens (tertiary/aromatic N) is 3. The maximum atomic E-state index is 13.0. The second kappa shape index (κ2) is 7.95. The van der Waals surface area contributed by atoms with Crippen LogP contribution in [0.3, 0.4) is 0 Å². The van der Waals surface area contributed by atoms with Gasteiger partial charge in [0.25, 0.3) is 0 Å². The van der Waals surface area contributed by atoms with E-state index in [1.165, 1.54) is 22.9 Å². The molecule has 25 heavy (non-hydrogen) atoms. The zero-order chi connectivity index (χ0) is 18.6. The molecule has 0 saturated heterocycles. The molecule has 2 rings (SSSR count). The van der Waals surface area contributed by atoms with Crippen LogP contribution in [0.5, 0.6) is 0 Å². The molecule has 0 bridgehead atoms. The number of rotatable bonds is 5. The summed E-state index contributed by atoms with van der Waals surface area (Å²) in [7, 11) is 0. The normalized spacial score (nSPS) is 11.5. The van der Waals surface area contributed by atoms with Gasteiger partial charge in [-0.3, -0.25) is 0 Å². The maximum Gasteiger partial charge on any atom is 0.349 e. The Labute approximate surface area is 150 Å². The van der Waals surface area contributed by atoms with E-state index in [1.54, 1.807) is 32.9 Å².